The molecule has 0 saturated carbocycles. The quantitative estimate of drug-likeness (QED) is 0.825. The summed E-state index contributed by atoms with van der Waals surface area (Å²) in [5.74, 6) is 0.0980. The number of primary amides is 1. The van der Waals surface area contributed by atoms with E-state index in [2.05, 4.69) is 4.90 Å². The Kier molecular flexibility index (Phi) is 6.32. The fraction of sp³-hybridized carbons (Fsp3) is 0.533. The molecule has 0 aliphatic carbocycles. The number of rotatable bonds is 6. The molecule has 0 spiro atoms. The van der Waals surface area contributed by atoms with Gasteiger partial charge in [0, 0.05) is 12.5 Å². The molecular formula is C15H20Cl2N2O3. The molecule has 3 N–H and O–H groups in total. The molecule has 1 aliphatic heterocycles. The number of halogens is 2. The van der Waals surface area contributed by atoms with Crippen molar-refractivity contribution in [1.29, 1.82) is 0 Å². The van der Waals surface area contributed by atoms with Crippen LogP contribution in [0.3, 0.4) is 0 Å². The normalized spacial score (nSPS) is 18.1. The third-order valence-electron chi connectivity index (χ3n) is 3.80. The van der Waals surface area contributed by atoms with E-state index in [0.29, 0.717) is 22.3 Å². The molecule has 1 amide bonds. The van der Waals surface area contributed by atoms with Crippen LogP contribution in [0.2, 0.25) is 10.0 Å². The average Bonchev–Trinajstić information content (AvgIpc) is 2.47. The molecule has 0 aromatic heterocycles. The van der Waals surface area contributed by atoms with Crippen molar-refractivity contribution in [2.45, 2.75) is 18.9 Å². The minimum Gasteiger partial charge on any atom is -0.488 e. The maximum atomic E-state index is 11.1. The van der Waals surface area contributed by atoms with Gasteiger partial charge in [-0.1, -0.05) is 29.3 Å². The summed E-state index contributed by atoms with van der Waals surface area (Å²) < 4.78 is 5.52. The first-order chi connectivity index (χ1) is 10.5. The Bertz CT molecular complexity index is 499. The number of hydrogen-bond acceptors (Lipinski definition) is 4. The van der Waals surface area contributed by atoms with Crippen molar-refractivity contribution < 1.29 is 14.6 Å². The first kappa shape index (κ1) is 17.3. The van der Waals surface area contributed by atoms with Crippen molar-refractivity contribution >= 4 is 29.1 Å². The highest BCUT2D eigenvalue weighted by atomic mass is 35.5. The van der Waals surface area contributed by atoms with E-state index in [1.54, 1.807) is 18.2 Å². The van der Waals surface area contributed by atoms with E-state index in [-0.39, 0.29) is 18.4 Å². The standard InChI is InChI=1S/C15H20Cl2N2O3/c16-12-2-1-3-13(17)14(12)22-9-11(20)8-19-6-4-10(5-7-19)15(18)21/h1-3,10-11,20H,4-9H2,(H2,18,21)/t11-/m0/s1. The number of benzene rings is 1. The van der Waals surface area contributed by atoms with Gasteiger partial charge >= 0.3 is 0 Å². The Labute approximate surface area is 139 Å². The second-order valence-corrected chi connectivity index (χ2v) is 6.31. The number of carbonyl (C=O) groups is 1. The van der Waals surface area contributed by atoms with Gasteiger partial charge in [-0.05, 0) is 38.1 Å². The van der Waals surface area contributed by atoms with Crippen LogP contribution in [0.4, 0.5) is 0 Å². The number of piperidine rings is 1. The monoisotopic (exact) mass is 346 g/mol. The predicted octanol–water partition coefficient (Wildman–Crippen LogP) is 1.93. The van der Waals surface area contributed by atoms with Crippen LogP contribution in [0.25, 0.3) is 0 Å². The van der Waals surface area contributed by atoms with Crippen molar-refractivity contribution in [2.75, 3.05) is 26.2 Å². The summed E-state index contributed by atoms with van der Waals surface area (Å²) in [5, 5.41) is 10.9. The molecule has 0 radical (unpaired) electrons. The van der Waals surface area contributed by atoms with Gasteiger partial charge < -0.3 is 20.5 Å². The fourth-order valence-electron chi connectivity index (χ4n) is 2.55. The number of para-hydroxylation sites is 1. The van der Waals surface area contributed by atoms with Crippen LogP contribution in [-0.2, 0) is 4.79 Å². The number of aliphatic hydroxyl groups excluding tert-OH is 1. The molecule has 1 aromatic carbocycles. The van der Waals surface area contributed by atoms with Gasteiger partial charge in [0.2, 0.25) is 5.91 Å². The smallest absolute Gasteiger partial charge is 0.220 e. The minimum atomic E-state index is -0.655. The minimum absolute atomic E-state index is 0.0495. The molecule has 1 atom stereocenters. The molecule has 7 heteroatoms. The molecular weight excluding hydrogens is 327 g/mol. The first-order valence-corrected chi connectivity index (χ1v) is 7.99. The SMILES string of the molecule is NC(=O)C1CCN(C[C@H](O)COc2c(Cl)cccc2Cl)CC1. The summed E-state index contributed by atoms with van der Waals surface area (Å²) in [5.41, 5.74) is 5.30. The fourth-order valence-corrected chi connectivity index (χ4v) is 3.06. The second kappa shape index (κ2) is 8.02. The first-order valence-electron chi connectivity index (χ1n) is 7.24. The van der Waals surface area contributed by atoms with Crippen LogP contribution in [0, 0.1) is 5.92 Å². The summed E-state index contributed by atoms with van der Waals surface area (Å²) in [4.78, 5) is 13.2. The molecule has 1 saturated heterocycles. The van der Waals surface area contributed by atoms with Crippen molar-refractivity contribution in [1.82, 2.24) is 4.90 Å². The number of aliphatic hydroxyl groups is 1. The van der Waals surface area contributed by atoms with Crippen LogP contribution < -0.4 is 10.5 Å². The number of ether oxygens (including phenoxy) is 1. The van der Waals surface area contributed by atoms with E-state index in [1.807, 2.05) is 0 Å². The number of nitrogens with two attached hydrogens (primary N) is 1. The molecule has 0 bridgehead atoms. The van der Waals surface area contributed by atoms with Crippen LogP contribution >= 0.6 is 23.2 Å². The topological polar surface area (TPSA) is 75.8 Å². The van der Waals surface area contributed by atoms with E-state index in [9.17, 15) is 9.90 Å². The number of likely N-dealkylation sites (tertiary alicyclic amines) is 1. The van der Waals surface area contributed by atoms with Gasteiger partial charge in [-0.2, -0.15) is 0 Å². The van der Waals surface area contributed by atoms with Crippen molar-refractivity contribution in [3.63, 3.8) is 0 Å². The van der Waals surface area contributed by atoms with Crippen LogP contribution in [0.5, 0.6) is 5.75 Å². The summed E-state index contributed by atoms with van der Waals surface area (Å²) in [6.45, 7) is 2.09. The molecule has 1 aromatic rings. The van der Waals surface area contributed by atoms with E-state index in [1.165, 1.54) is 0 Å². The van der Waals surface area contributed by atoms with Gasteiger partial charge in [-0.3, -0.25) is 4.79 Å². The number of amides is 1. The maximum absolute atomic E-state index is 11.1. The Hall–Kier alpha value is -1.01. The van der Waals surface area contributed by atoms with Gasteiger partial charge in [0.1, 0.15) is 12.7 Å². The Balaban J connectivity index is 1.77. The molecule has 1 heterocycles. The van der Waals surface area contributed by atoms with Crippen molar-refractivity contribution in [3.05, 3.63) is 28.2 Å². The van der Waals surface area contributed by atoms with E-state index in [4.69, 9.17) is 33.7 Å². The maximum Gasteiger partial charge on any atom is 0.220 e. The van der Waals surface area contributed by atoms with E-state index >= 15 is 0 Å². The zero-order chi connectivity index (χ0) is 16.1. The number of carbonyl (C=O) groups excluding carboxylic acids is 1. The second-order valence-electron chi connectivity index (χ2n) is 5.49. The third kappa shape index (κ3) is 4.74. The molecule has 122 valence electrons. The van der Waals surface area contributed by atoms with Gasteiger partial charge in [0.25, 0.3) is 0 Å². The highest BCUT2D eigenvalue weighted by Crippen LogP contribution is 2.32. The molecule has 5 nitrogen and oxygen atoms in total. The molecule has 0 unspecified atom stereocenters. The largest absolute Gasteiger partial charge is 0.488 e. The summed E-state index contributed by atoms with van der Waals surface area (Å²) in [6, 6.07) is 5.10. The Morgan fingerprint density at radius 1 is 1.36 bits per heavy atom. The number of hydrogen-bond donors (Lipinski definition) is 2. The van der Waals surface area contributed by atoms with E-state index in [0.717, 1.165) is 25.9 Å². The number of β-amino-alcohol motifs (C(OH)–C–C–N with tert-alkyl or cyclic N) is 1. The summed E-state index contributed by atoms with van der Waals surface area (Å²) in [7, 11) is 0. The Morgan fingerprint density at radius 2 is 1.95 bits per heavy atom. The summed E-state index contributed by atoms with van der Waals surface area (Å²) >= 11 is 12.0. The molecule has 22 heavy (non-hydrogen) atoms. The highest BCUT2D eigenvalue weighted by molar-refractivity contribution is 6.37. The average molecular weight is 347 g/mol. The zero-order valence-corrected chi connectivity index (χ0v) is 13.7. The van der Waals surface area contributed by atoms with Gasteiger partial charge in [-0.25, -0.2) is 0 Å². The summed E-state index contributed by atoms with van der Waals surface area (Å²) in [6.07, 6.45) is 0.816. The number of nitrogens with zero attached hydrogens (tertiary/aromatic N) is 1. The highest BCUT2D eigenvalue weighted by Gasteiger charge is 2.24. The lowest BCUT2D eigenvalue weighted by Gasteiger charge is -2.31. The lowest BCUT2D eigenvalue weighted by atomic mass is 9.96. The van der Waals surface area contributed by atoms with E-state index < -0.39 is 6.10 Å². The molecule has 2 rings (SSSR count). The lowest BCUT2D eigenvalue weighted by molar-refractivity contribution is -0.123. The third-order valence-corrected chi connectivity index (χ3v) is 4.39. The van der Waals surface area contributed by atoms with Crippen LogP contribution in [0.1, 0.15) is 12.8 Å². The van der Waals surface area contributed by atoms with Gasteiger partial charge in [0.15, 0.2) is 5.75 Å². The van der Waals surface area contributed by atoms with Crippen molar-refractivity contribution in [2.24, 2.45) is 11.7 Å². The molecule has 1 aliphatic rings. The van der Waals surface area contributed by atoms with Crippen molar-refractivity contribution in [3.8, 4) is 5.75 Å². The predicted molar refractivity (Wildman–Crippen MR) is 86.3 cm³/mol. The zero-order valence-electron chi connectivity index (χ0n) is 12.2. The van der Waals surface area contributed by atoms with Crippen LogP contribution in [0.15, 0.2) is 18.2 Å². The van der Waals surface area contributed by atoms with Gasteiger partial charge in [0.05, 0.1) is 10.0 Å². The van der Waals surface area contributed by atoms with Crippen LogP contribution in [-0.4, -0.2) is 48.3 Å². The Morgan fingerprint density at radius 3 is 2.50 bits per heavy atom. The van der Waals surface area contributed by atoms with Gasteiger partial charge in [-0.15, -0.1) is 0 Å². The molecule has 1 fully saturated rings. The lowest BCUT2D eigenvalue weighted by Crippen LogP contribution is -2.43.